The van der Waals surface area contributed by atoms with Gasteiger partial charge in [-0.25, -0.2) is 0 Å². The number of rotatable bonds is 4. The minimum absolute atomic E-state index is 0.0988. The molecular formula is C10H14N2O2S. The molecule has 1 unspecified atom stereocenters. The Morgan fingerprint density at radius 2 is 2.07 bits per heavy atom. The third-order valence-electron chi connectivity index (χ3n) is 1.85. The molecule has 0 aliphatic rings. The minimum atomic E-state index is 0.0988. The Labute approximate surface area is 92.8 Å². The molecule has 0 aromatic heterocycles. The van der Waals surface area contributed by atoms with Crippen molar-refractivity contribution < 1.29 is 10.3 Å². The molecule has 82 valence electrons. The highest BCUT2D eigenvalue weighted by atomic mass is 32.2. The summed E-state index contributed by atoms with van der Waals surface area (Å²) in [7, 11) is 0. The van der Waals surface area contributed by atoms with Crippen molar-refractivity contribution in [1.82, 2.24) is 0 Å². The van der Waals surface area contributed by atoms with E-state index in [1.807, 2.05) is 19.1 Å². The molecular weight excluding hydrogens is 212 g/mol. The van der Waals surface area contributed by atoms with E-state index in [0.717, 1.165) is 4.90 Å². The molecule has 1 atom stereocenters. The van der Waals surface area contributed by atoms with Gasteiger partial charge in [0.1, 0.15) is 0 Å². The fourth-order valence-electron chi connectivity index (χ4n) is 1.03. The molecule has 0 radical (unpaired) electrons. The zero-order valence-corrected chi connectivity index (χ0v) is 9.24. The molecule has 0 fully saturated rings. The largest absolute Gasteiger partial charge is 0.409 e. The third kappa shape index (κ3) is 3.45. The summed E-state index contributed by atoms with van der Waals surface area (Å²) in [4.78, 5) is 1.05. The van der Waals surface area contributed by atoms with Crippen molar-refractivity contribution in [2.24, 2.45) is 10.9 Å². The van der Waals surface area contributed by atoms with Gasteiger partial charge in [0, 0.05) is 15.7 Å². The van der Waals surface area contributed by atoms with E-state index in [1.54, 1.807) is 23.9 Å². The second-order valence-electron chi connectivity index (χ2n) is 3.12. The maximum Gasteiger partial charge on any atom is 0.170 e. The van der Waals surface area contributed by atoms with Gasteiger partial charge in [-0.15, -0.1) is 11.8 Å². The molecule has 15 heavy (non-hydrogen) atoms. The zero-order valence-electron chi connectivity index (χ0n) is 8.42. The number of hydrogen-bond donors (Lipinski definition) is 3. The summed E-state index contributed by atoms with van der Waals surface area (Å²) in [5, 5.41) is 20.4. The molecule has 0 bridgehead atoms. The summed E-state index contributed by atoms with van der Waals surface area (Å²) in [6, 6.07) is 7.32. The molecule has 1 aromatic rings. The number of nitrogens with zero attached hydrogens (tertiary/aromatic N) is 1. The van der Waals surface area contributed by atoms with Crippen LogP contribution in [0.15, 0.2) is 34.3 Å². The monoisotopic (exact) mass is 226 g/mol. The molecule has 0 spiro atoms. The molecule has 1 aromatic carbocycles. The van der Waals surface area contributed by atoms with Crippen molar-refractivity contribution in [3.05, 3.63) is 29.8 Å². The van der Waals surface area contributed by atoms with Crippen LogP contribution < -0.4 is 5.73 Å². The quantitative estimate of drug-likeness (QED) is 0.237. The van der Waals surface area contributed by atoms with Gasteiger partial charge in [0.05, 0.1) is 6.61 Å². The van der Waals surface area contributed by atoms with Gasteiger partial charge in [0.2, 0.25) is 0 Å². The average molecular weight is 226 g/mol. The van der Waals surface area contributed by atoms with Gasteiger partial charge in [-0.2, -0.15) is 0 Å². The van der Waals surface area contributed by atoms with Crippen molar-refractivity contribution in [2.45, 2.75) is 17.1 Å². The summed E-state index contributed by atoms with van der Waals surface area (Å²) in [5.74, 6) is 0.0988. The highest BCUT2D eigenvalue weighted by molar-refractivity contribution is 8.00. The first-order chi connectivity index (χ1) is 7.17. The topological polar surface area (TPSA) is 78.8 Å². The SMILES string of the molecule is CC(CO)Sc1ccc(/C(N)=N/O)cc1. The van der Waals surface area contributed by atoms with Gasteiger partial charge >= 0.3 is 0 Å². The smallest absolute Gasteiger partial charge is 0.170 e. The van der Waals surface area contributed by atoms with Crippen molar-refractivity contribution >= 4 is 17.6 Å². The van der Waals surface area contributed by atoms with Crippen LogP contribution in [0.3, 0.4) is 0 Å². The molecule has 0 heterocycles. The first-order valence-corrected chi connectivity index (χ1v) is 5.40. The van der Waals surface area contributed by atoms with Crippen molar-refractivity contribution in [3.63, 3.8) is 0 Å². The number of amidine groups is 1. The van der Waals surface area contributed by atoms with Crippen molar-refractivity contribution in [1.29, 1.82) is 0 Å². The maximum absolute atomic E-state index is 8.88. The Morgan fingerprint density at radius 3 is 2.53 bits per heavy atom. The number of aliphatic hydroxyl groups excluding tert-OH is 1. The fourth-order valence-corrected chi connectivity index (χ4v) is 1.86. The second kappa shape index (κ2) is 5.63. The van der Waals surface area contributed by atoms with E-state index in [0.29, 0.717) is 5.56 Å². The lowest BCUT2D eigenvalue weighted by molar-refractivity contribution is 0.300. The number of oxime groups is 1. The summed E-state index contributed by atoms with van der Waals surface area (Å²) in [6.45, 7) is 2.09. The molecule has 0 amide bonds. The van der Waals surface area contributed by atoms with Gasteiger partial charge in [-0.05, 0) is 12.1 Å². The molecule has 4 nitrogen and oxygen atoms in total. The molecule has 4 N–H and O–H groups in total. The Kier molecular flexibility index (Phi) is 4.45. The Morgan fingerprint density at radius 1 is 1.47 bits per heavy atom. The number of benzene rings is 1. The Bertz CT molecular complexity index is 338. The van der Waals surface area contributed by atoms with Crippen molar-refractivity contribution in [3.8, 4) is 0 Å². The highest BCUT2D eigenvalue weighted by Gasteiger charge is 2.03. The van der Waals surface area contributed by atoms with E-state index in [2.05, 4.69) is 5.16 Å². The molecule has 5 heteroatoms. The first kappa shape index (κ1) is 11.9. The molecule has 1 rings (SSSR count). The van der Waals surface area contributed by atoms with Gasteiger partial charge in [-0.1, -0.05) is 24.2 Å². The van der Waals surface area contributed by atoms with Crippen LogP contribution in [0.2, 0.25) is 0 Å². The van der Waals surface area contributed by atoms with E-state index in [1.165, 1.54) is 0 Å². The van der Waals surface area contributed by atoms with Crippen LogP contribution >= 0.6 is 11.8 Å². The van der Waals surface area contributed by atoms with Crippen LogP contribution in [0.5, 0.6) is 0 Å². The average Bonchev–Trinajstić information content (AvgIpc) is 2.29. The maximum atomic E-state index is 8.88. The van der Waals surface area contributed by atoms with E-state index < -0.39 is 0 Å². The predicted octanol–water partition coefficient (Wildman–Crippen LogP) is 1.25. The summed E-state index contributed by atoms with van der Waals surface area (Å²) >= 11 is 1.58. The highest BCUT2D eigenvalue weighted by Crippen LogP contribution is 2.22. The summed E-state index contributed by atoms with van der Waals surface area (Å²) in [6.07, 6.45) is 0. The van der Waals surface area contributed by atoms with Crippen LogP contribution in [0.4, 0.5) is 0 Å². The summed E-state index contributed by atoms with van der Waals surface area (Å²) in [5.41, 5.74) is 6.10. The van der Waals surface area contributed by atoms with Gasteiger partial charge in [-0.3, -0.25) is 0 Å². The van der Waals surface area contributed by atoms with Crippen molar-refractivity contribution in [2.75, 3.05) is 6.61 Å². The lowest BCUT2D eigenvalue weighted by Crippen LogP contribution is -2.12. The van der Waals surface area contributed by atoms with Crippen LogP contribution in [-0.2, 0) is 0 Å². The van der Waals surface area contributed by atoms with E-state index >= 15 is 0 Å². The number of aliphatic hydroxyl groups is 1. The molecule has 0 saturated heterocycles. The van der Waals surface area contributed by atoms with Gasteiger partial charge in [0.25, 0.3) is 0 Å². The lowest BCUT2D eigenvalue weighted by Gasteiger charge is -2.07. The van der Waals surface area contributed by atoms with Crippen LogP contribution in [-0.4, -0.2) is 28.0 Å². The molecule has 0 aliphatic heterocycles. The standard InChI is InChI=1S/C10H14N2O2S/c1-7(6-13)15-9-4-2-8(3-5-9)10(11)12-14/h2-5,7,13-14H,6H2,1H3,(H2,11,12). The Hall–Kier alpha value is -1.20. The number of hydrogen-bond acceptors (Lipinski definition) is 4. The number of nitrogens with two attached hydrogens (primary N) is 1. The molecule has 0 aliphatic carbocycles. The Balaban J connectivity index is 2.72. The molecule has 0 saturated carbocycles. The van der Waals surface area contributed by atoms with Gasteiger partial charge < -0.3 is 16.0 Å². The number of thioether (sulfide) groups is 1. The van der Waals surface area contributed by atoms with Crippen LogP contribution in [0.1, 0.15) is 12.5 Å². The normalized spacial score (nSPS) is 13.9. The fraction of sp³-hybridized carbons (Fsp3) is 0.300. The zero-order chi connectivity index (χ0) is 11.3. The van der Waals surface area contributed by atoms with E-state index in [9.17, 15) is 0 Å². The minimum Gasteiger partial charge on any atom is -0.409 e. The predicted molar refractivity (Wildman–Crippen MR) is 61.4 cm³/mol. The van der Waals surface area contributed by atoms with Crippen LogP contribution in [0, 0.1) is 0 Å². The second-order valence-corrected chi connectivity index (χ2v) is 4.63. The van der Waals surface area contributed by atoms with Gasteiger partial charge in [0.15, 0.2) is 5.84 Å². The first-order valence-electron chi connectivity index (χ1n) is 4.53. The van der Waals surface area contributed by atoms with E-state index in [4.69, 9.17) is 16.0 Å². The lowest BCUT2D eigenvalue weighted by atomic mass is 10.2. The van der Waals surface area contributed by atoms with Crippen LogP contribution in [0.25, 0.3) is 0 Å². The van der Waals surface area contributed by atoms with E-state index in [-0.39, 0.29) is 17.7 Å². The summed E-state index contributed by atoms with van der Waals surface area (Å²) < 4.78 is 0. The third-order valence-corrected chi connectivity index (χ3v) is 2.95.